The summed E-state index contributed by atoms with van der Waals surface area (Å²) in [6.07, 6.45) is 0.862. The van der Waals surface area contributed by atoms with Crippen LogP contribution in [-0.2, 0) is 11.2 Å². The van der Waals surface area contributed by atoms with Crippen LogP contribution in [0.25, 0.3) is 16.4 Å². The van der Waals surface area contributed by atoms with Crippen molar-refractivity contribution in [2.24, 2.45) is 0 Å². The van der Waals surface area contributed by atoms with Crippen molar-refractivity contribution in [3.8, 4) is 22.1 Å². The standard InChI is InChI=1S/C25H26N4O2S2/c1-4-18-9-6-8-17(3)23(18)26-22(30)16-33-25-28-27-24(21-10-7-15-32-21)29(25)19-11-13-20(14-12-19)31-5-2/h6-15H,4-5,16H2,1-3H3,(H,26,30). The predicted octanol–water partition coefficient (Wildman–Crippen LogP) is 6.00. The minimum absolute atomic E-state index is 0.0667. The molecule has 0 saturated heterocycles. The van der Waals surface area contributed by atoms with Gasteiger partial charge in [-0.1, -0.05) is 43.0 Å². The van der Waals surface area contributed by atoms with Gasteiger partial charge in [-0.15, -0.1) is 21.5 Å². The molecule has 170 valence electrons. The number of carbonyl (C=O) groups is 1. The number of hydrogen-bond donors (Lipinski definition) is 1. The number of amides is 1. The minimum Gasteiger partial charge on any atom is -0.494 e. The summed E-state index contributed by atoms with van der Waals surface area (Å²) in [5.41, 5.74) is 4.01. The number of anilines is 1. The van der Waals surface area contributed by atoms with Gasteiger partial charge in [-0.05, 0) is 67.1 Å². The maximum absolute atomic E-state index is 12.8. The van der Waals surface area contributed by atoms with E-state index in [9.17, 15) is 4.79 Å². The van der Waals surface area contributed by atoms with Crippen molar-refractivity contribution < 1.29 is 9.53 Å². The van der Waals surface area contributed by atoms with E-state index in [0.29, 0.717) is 11.8 Å². The Morgan fingerprint density at radius 2 is 1.91 bits per heavy atom. The molecule has 2 heterocycles. The number of carbonyl (C=O) groups excluding carboxylic acids is 1. The zero-order valence-electron chi connectivity index (χ0n) is 18.9. The monoisotopic (exact) mass is 478 g/mol. The van der Waals surface area contributed by atoms with Crippen LogP contribution >= 0.6 is 23.1 Å². The van der Waals surface area contributed by atoms with Crippen LogP contribution in [0.1, 0.15) is 25.0 Å². The molecule has 0 aliphatic heterocycles. The van der Waals surface area contributed by atoms with Crippen molar-refractivity contribution in [1.29, 1.82) is 0 Å². The van der Waals surface area contributed by atoms with Crippen LogP contribution < -0.4 is 10.1 Å². The van der Waals surface area contributed by atoms with Crippen LogP contribution in [0.4, 0.5) is 5.69 Å². The molecule has 6 nitrogen and oxygen atoms in total. The third kappa shape index (κ3) is 5.29. The van der Waals surface area contributed by atoms with E-state index in [1.54, 1.807) is 11.3 Å². The molecule has 0 fully saturated rings. The van der Waals surface area contributed by atoms with Gasteiger partial charge in [0.2, 0.25) is 5.91 Å². The number of ether oxygens (including phenoxy) is 1. The Labute approximate surface area is 202 Å². The summed E-state index contributed by atoms with van der Waals surface area (Å²) in [5.74, 6) is 1.73. The molecule has 33 heavy (non-hydrogen) atoms. The molecule has 1 N–H and O–H groups in total. The zero-order chi connectivity index (χ0) is 23.2. The van der Waals surface area contributed by atoms with Crippen molar-refractivity contribution in [3.63, 3.8) is 0 Å². The first-order valence-corrected chi connectivity index (χ1v) is 12.7. The van der Waals surface area contributed by atoms with Crippen molar-refractivity contribution in [2.75, 3.05) is 17.7 Å². The first-order chi connectivity index (χ1) is 16.1. The molecule has 0 unspecified atom stereocenters. The molecule has 1 amide bonds. The molecular formula is C25H26N4O2S2. The van der Waals surface area contributed by atoms with E-state index in [-0.39, 0.29) is 11.7 Å². The molecule has 0 radical (unpaired) electrons. The van der Waals surface area contributed by atoms with E-state index in [4.69, 9.17) is 4.74 Å². The largest absolute Gasteiger partial charge is 0.494 e. The van der Waals surface area contributed by atoms with Gasteiger partial charge in [-0.2, -0.15) is 0 Å². The number of thiophene rings is 1. The van der Waals surface area contributed by atoms with Crippen molar-refractivity contribution in [1.82, 2.24) is 14.8 Å². The normalized spacial score (nSPS) is 10.9. The fraction of sp³-hybridized carbons (Fsp3) is 0.240. The van der Waals surface area contributed by atoms with Gasteiger partial charge < -0.3 is 10.1 Å². The minimum atomic E-state index is -0.0667. The SMILES string of the molecule is CCOc1ccc(-n2c(SCC(=O)Nc3c(C)cccc3CC)nnc2-c2cccs2)cc1. The lowest BCUT2D eigenvalue weighted by Gasteiger charge is -2.13. The Hall–Kier alpha value is -3.10. The van der Waals surface area contributed by atoms with Crippen molar-refractivity contribution in [3.05, 3.63) is 71.1 Å². The fourth-order valence-electron chi connectivity index (χ4n) is 3.53. The van der Waals surface area contributed by atoms with Gasteiger partial charge >= 0.3 is 0 Å². The number of rotatable bonds is 9. The molecule has 0 aliphatic rings. The van der Waals surface area contributed by atoms with E-state index in [1.807, 2.05) is 78.4 Å². The first-order valence-electron chi connectivity index (χ1n) is 10.8. The Balaban J connectivity index is 1.57. The topological polar surface area (TPSA) is 69.0 Å². The van der Waals surface area contributed by atoms with Crippen LogP contribution in [0.5, 0.6) is 5.75 Å². The van der Waals surface area contributed by atoms with E-state index in [1.165, 1.54) is 11.8 Å². The Morgan fingerprint density at radius 3 is 2.61 bits per heavy atom. The van der Waals surface area contributed by atoms with Crippen LogP contribution in [0, 0.1) is 6.92 Å². The van der Waals surface area contributed by atoms with Crippen LogP contribution in [0.2, 0.25) is 0 Å². The third-order valence-corrected chi connectivity index (χ3v) is 6.91. The van der Waals surface area contributed by atoms with E-state index in [0.717, 1.165) is 45.4 Å². The second kappa shape index (κ2) is 10.7. The number of thioether (sulfide) groups is 1. The second-order valence-corrected chi connectivity index (χ2v) is 9.24. The maximum Gasteiger partial charge on any atom is 0.234 e. The van der Waals surface area contributed by atoms with Crippen molar-refractivity contribution >= 4 is 34.7 Å². The second-order valence-electron chi connectivity index (χ2n) is 7.35. The summed E-state index contributed by atoms with van der Waals surface area (Å²) >= 11 is 2.98. The highest BCUT2D eigenvalue weighted by molar-refractivity contribution is 7.99. The average molecular weight is 479 g/mol. The molecule has 0 aliphatic carbocycles. The zero-order valence-corrected chi connectivity index (χ0v) is 20.5. The molecule has 4 rings (SSSR count). The number of aryl methyl sites for hydroxylation is 2. The summed E-state index contributed by atoms with van der Waals surface area (Å²) in [6, 6.07) is 17.9. The van der Waals surface area contributed by atoms with Crippen LogP contribution in [-0.4, -0.2) is 33.0 Å². The summed E-state index contributed by atoms with van der Waals surface area (Å²) in [7, 11) is 0. The van der Waals surface area contributed by atoms with E-state index in [2.05, 4.69) is 22.4 Å². The van der Waals surface area contributed by atoms with E-state index >= 15 is 0 Å². The molecule has 8 heteroatoms. The lowest BCUT2D eigenvalue weighted by Crippen LogP contribution is -2.16. The van der Waals surface area contributed by atoms with Gasteiger partial charge in [0.1, 0.15) is 5.75 Å². The smallest absolute Gasteiger partial charge is 0.234 e. The molecule has 0 spiro atoms. The van der Waals surface area contributed by atoms with Gasteiger partial charge in [-0.3, -0.25) is 9.36 Å². The quantitative estimate of drug-likeness (QED) is 0.299. The number of para-hydroxylation sites is 1. The van der Waals surface area contributed by atoms with Crippen LogP contribution in [0.15, 0.2) is 65.1 Å². The Kier molecular flexibility index (Phi) is 7.47. The number of benzene rings is 2. The summed E-state index contributed by atoms with van der Waals surface area (Å²) < 4.78 is 7.57. The molecule has 2 aromatic carbocycles. The highest BCUT2D eigenvalue weighted by Crippen LogP contribution is 2.31. The lowest BCUT2D eigenvalue weighted by molar-refractivity contribution is -0.113. The summed E-state index contributed by atoms with van der Waals surface area (Å²) in [6.45, 7) is 6.68. The number of nitrogens with zero attached hydrogens (tertiary/aromatic N) is 3. The van der Waals surface area contributed by atoms with Gasteiger partial charge in [0, 0.05) is 5.69 Å². The number of aromatic nitrogens is 3. The first kappa shape index (κ1) is 23.1. The highest BCUT2D eigenvalue weighted by Gasteiger charge is 2.18. The van der Waals surface area contributed by atoms with Gasteiger partial charge in [-0.25, -0.2) is 0 Å². The third-order valence-electron chi connectivity index (χ3n) is 5.12. The molecule has 0 saturated carbocycles. The Bertz CT molecular complexity index is 1220. The maximum atomic E-state index is 12.8. The molecule has 0 bridgehead atoms. The fourth-order valence-corrected chi connectivity index (χ4v) is 4.98. The number of nitrogens with one attached hydrogen (secondary N) is 1. The summed E-state index contributed by atoms with van der Waals surface area (Å²) in [5, 5.41) is 14.6. The predicted molar refractivity (Wildman–Crippen MR) is 136 cm³/mol. The highest BCUT2D eigenvalue weighted by atomic mass is 32.2. The van der Waals surface area contributed by atoms with Gasteiger partial charge in [0.25, 0.3) is 0 Å². The molecule has 0 atom stereocenters. The van der Waals surface area contributed by atoms with Gasteiger partial charge in [0.05, 0.1) is 22.9 Å². The van der Waals surface area contributed by atoms with Crippen molar-refractivity contribution in [2.45, 2.75) is 32.3 Å². The van der Waals surface area contributed by atoms with Gasteiger partial charge in [0.15, 0.2) is 11.0 Å². The summed E-state index contributed by atoms with van der Waals surface area (Å²) in [4.78, 5) is 13.8. The van der Waals surface area contributed by atoms with E-state index < -0.39 is 0 Å². The molecule has 2 aromatic heterocycles. The Morgan fingerprint density at radius 1 is 1.09 bits per heavy atom. The van der Waals surface area contributed by atoms with Crippen LogP contribution in [0.3, 0.4) is 0 Å². The molecule has 4 aromatic rings. The lowest BCUT2D eigenvalue weighted by atomic mass is 10.1. The molecular weight excluding hydrogens is 452 g/mol. The average Bonchev–Trinajstić information content (AvgIpc) is 3.50. The number of hydrogen-bond acceptors (Lipinski definition) is 6.